The van der Waals surface area contributed by atoms with Gasteiger partial charge in [0.2, 0.25) is 0 Å². The van der Waals surface area contributed by atoms with Crippen molar-refractivity contribution in [2.75, 3.05) is 6.54 Å². The van der Waals surface area contributed by atoms with Gasteiger partial charge < -0.3 is 10.4 Å². The third-order valence-electron chi connectivity index (χ3n) is 2.30. The number of nitrogens with one attached hydrogen (secondary N) is 1. The van der Waals surface area contributed by atoms with Crippen LogP contribution in [-0.2, 0) is 0 Å². The zero-order valence-electron chi connectivity index (χ0n) is 9.98. The van der Waals surface area contributed by atoms with E-state index in [4.69, 9.17) is 11.6 Å². The summed E-state index contributed by atoms with van der Waals surface area (Å²) in [6.45, 7) is 4.22. The second-order valence-electron chi connectivity index (χ2n) is 4.25. The third kappa shape index (κ3) is 5.15. The minimum atomic E-state index is -0.355. The van der Waals surface area contributed by atoms with Crippen LogP contribution in [0.4, 0.5) is 0 Å². The van der Waals surface area contributed by atoms with Gasteiger partial charge in [0.25, 0.3) is 5.91 Å². The number of hydrogen-bond donors (Lipinski definition) is 2. The molecule has 1 heterocycles. The summed E-state index contributed by atoms with van der Waals surface area (Å²) in [5.41, 5.74) is 0.307. The Hall–Kier alpha value is -1.13. The van der Waals surface area contributed by atoms with Crippen LogP contribution in [-0.4, -0.2) is 28.6 Å². The van der Waals surface area contributed by atoms with Gasteiger partial charge in [0.1, 0.15) is 10.8 Å². The first-order valence-electron chi connectivity index (χ1n) is 5.58. The van der Waals surface area contributed by atoms with E-state index in [0.29, 0.717) is 23.8 Å². The fraction of sp³-hybridized carbons (Fsp3) is 0.500. The lowest BCUT2D eigenvalue weighted by Gasteiger charge is -2.13. The molecule has 0 aliphatic carbocycles. The number of carbonyl (C=O) groups is 1. The fourth-order valence-electron chi connectivity index (χ4n) is 1.56. The maximum absolute atomic E-state index is 11.7. The molecule has 1 aromatic heterocycles. The summed E-state index contributed by atoms with van der Waals surface area (Å²) in [6.07, 6.45) is 0.301. The number of carbonyl (C=O) groups excluding carboxylic acids is 1. The second-order valence-corrected chi connectivity index (χ2v) is 4.63. The first kappa shape index (κ1) is 13.9. The molecule has 0 aromatic carbocycles. The van der Waals surface area contributed by atoms with Gasteiger partial charge in [-0.2, -0.15) is 0 Å². The van der Waals surface area contributed by atoms with Gasteiger partial charge in [-0.05, 0) is 31.4 Å². The summed E-state index contributed by atoms with van der Waals surface area (Å²) in [4.78, 5) is 15.6. The van der Waals surface area contributed by atoms with Gasteiger partial charge in [-0.3, -0.25) is 4.79 Å². The maximum Gasteiger partial charge on any atom is 0.269 e. The molecule has 0 saturated carbocycles. The lowest BCUT2D eigenvalue weighted by Crippen LogP contribution is -2.30. The largest absolute Gasteiger partial charge is 0.393 e. The van der Waals surface area contributed by atoms with Gasteiger partial charge >= 0.3 is 0 Å². The number of hydrogen-bond acceptors (Lipinski definition) is 3. The van der Waals surface area contributed by atoms with Gasteiger partial charge in [0.15, 0.2) is 0 Å². The second kappa shape index (κ2) is 6.57. The van der Waals surface area contributed by atoms with E-state index in [1.54, 1.807) is 25.1 Å². The molecule has 0 aliphatic rings. The highest BCUT2D eigenvalue weighted by Crippen LogP contribution is 2.06. The lowest BCUT2D eigenvalue weighted by molar-refractivity contribution is 0.0934. The lowest BCUT2D eigenvalue weighted by atomic mass is 10.0. The van der Waals surface area contributed by atoms with E-state index in [-0.39, 0.29) is 17.9 Å². The molecule has 0 fully saturated rings. The Morgan fingerprint density at radius 3 is 2.82 bits per heavy atom. The topological polar surface area (TPSA) is 62.2 Å². The highest BCUT2D eigenvalue weighted by molar-refractivity contribution is 6.29. The van der Waals surface area contributed by atoms with Crippen LogP contribution in [0.15, 0.2) is 18.2 Å². The number of aliphatic hydroxyl groups is 1. The van der Waals surface area contributed by atoms with Gasteiger partial charge in [0.05, 0.1) is 6.10 Å². The van der Waals surface area contributed by atoms with Crippen molar-refractivity contribution in [1.82, 2.24) is 10.3 Å². The van der Waals surface area contributed by atoms with Gasteiger partial charge in [-0.15, -0.1) is 0 Å². The Balaban J connectivity index is 2.45. The van der Waals surface area contributed by atoms with E-state index < -0.39 is 0 Å². The van der Waals surface area contributed by atoms with Gasteiger partial charge in [0, 0.05) is 6.54 Å². The molecule has 0 spiro atoms. The molecule has 4 nitrogen and oxygen atoms in total. The predicted octanol–water partition coefficient (Wildman–Crippen LogP) is 1.87. The van der Waals surface area contributed by atoms with E-state index in [1.165, 1.54) is 0 Å². The minimum Gasteiger partial charge on any atom is -0.393 e. The summed E-state index contributed by atoms with van der Waals surface area (Å²) in [7, 11) is 0. The van der Waals surface area contributed by atoms with Crippen LogP contribution in [0.2, 0.25) is 5.15 Å². The van der Waals surface area contributed by atoms with Gasteiger partial charge in [-0.1, -0.05) is 24.6 Å². The average Bonchev–Trinajstić information content (AvgIpc) is 2.25. The number of aliphatic hydroxyl groups excluding tert-OH is 1. The van der Waals surface area contributed by atoms with Crippen molar-refractivity contribution in [3.63, 3.8) is 0 Å². The van der Waals surface area contributed by atoms with Crippen molar-refractivity contribution in [1.29, 1.82) is 0 Å². The molecular weight excluding hydrogens is 240 g/mol. The Bertz CT molecular complexity index is 383. The molecule has 2 atom stereocenters. The van der Waals surface area contributed by atoms with E-state index in [1.807, 2.05) is 6.92 Å². The first-order valence-corrected chi connectivity index (χ1v) is 5.95. The van der Waals surface area contributed by atoms with Gasteiger partial charge in [-0.25, -0.2) is 4.98 Å². The zero-order valence-corrected chi connectivity index (χ0v) is 10.7. The molecule has 2 N–H and O–H groups in total. The Labute approximate surface area is 106 Å². The molecule has 2 unspecified atom stereocenters. The molecule has 0 aliphatic heterocycles. The van der Waals surface area contributed by atoms with Crippen LogP contribution in [0.3, 0.4) is 0 Å². The van der Waals surface area contributed by atoms with Crippen molar-refractivity contribution in [2.24, 2.45) is 5.92 Å². The number of rotatable bonds is 5. The highest BCUT2D eigenvalue weighted by atomic mass is 35.5. The van der Waals surface area contributed by atoms with Crippen LogP contribution >= 0.6 is 11.6 Å². The van der Waals surface area contributed by atoms with Crippen LogP contribution in [0, 0.1) is 5.92 Å². The molecule has 1 rings (SSSR count). The van der Waals surface area contributed by atoms with E-state index in [2.05, 4.69) is 10.3 Å². The predicted molar refractivity (Wildman–Crippen MR) is 67.0 cm³/mol. The summed E-state index contributed by atoms with van der Waals surface area (Å²) < 4.78 is 0. The van der Waals surface area contributed by atoms with Crippen molar-refractivity contribution in [3.05, 3.63) is 29.0 Å². The smallest absolute Gasteiger partial charge is 0.269 e. The Morgan fingerprint density at radius 1 is 1.53 bits per heavy atom. The molecule has 17 heavy (non-hydrogen) atoms. The molecule has 5 heteroatoms. The number of nitrogens with zero attached hydrogens (tertiary/aromatic N) is 1. The SMILES string of the molecule is CC(O)CC(C)CNC(=O)c1cccc(Cl)n1. The highest BCUT2D eigenvalue weighted by Gasteiger charge is 2.10. The number of aromatic nitrogens is 1. The molecule has 0 saturated heterocycles. The fourth-order valence-corrected chi connectivity index (χ4v) is 1.72. The minimum absolute atomic E-state index is 0.220. The molecule has 94 valence electrons. The van der Waals surface area contributed by atoms with Crippen LogP contribution in [0.5, 0.6) is 0 Å². The molecule has 1 amide bonds. The summed E-state index contributed by atoms with van der Waals surface area (Å²) in [5.74, 6) is -0.0249. The summed E-state index contributed by atoms with van der Waals surface area (Å²) >= 11 is 5.70. The monoisotopic (exact) mass is 256 g/mol. The molecular formula is C12H17ClN2O2. The Morgan fingerprint density at radius 2 is 2.24 bits per heavy atom. The Kier molecular flexibility index (Phi) is 5.38. The zero-order chi connectivity index (χ0) is 12.8. The normalized spacial score (nSPS) is 14.1. The summed E-state index contributed by atoms with van der Waals surface area (Å²) in [6, 6.07) is 4.92. The number of pyridine rings is 1. The first-order chi connectivity index (χ1) is 7.99. The van der Waals surface area contributed by atoms with E-state index >= 15 is 0 Å². The van der Waals surface area contributed by atoms with Crippen molar-refractivity contribution in [3.8, 4) is 0 Å². The van der Waals surface area contributed by atoms with Crippen molar-refractivity contribution < 1.29 is 9.90 Å². The van der Waals surface area contributed by atoms with Crippen LogP contribution in [0.25, 0.3) is 0 Å². The number of amides is 1. The van der Waals surface area contributed by atoms with Crippen LogP contribution < -0.4 is 5.32 Å². The number of halogens is 1. The summed E-state index contributed by atoms with van der Waals surface area (Å²) in [5, 5.41) is 12.3. The third-order valence-corrected chi connectivity index (χ3v) is 2.51. The molecule has 0 radical (unpaired) electrons. The average molecular weight is 257 g/mol. The van der Waals surface area contributed by atoms with E-state index in [9.17, 15) is 9.90 Å². The molecule has 1 aromatic rings. The van der Waals surface area contributed by atoms with Crippen molar-refractivity contribution >= 4 is 17.5 Å². The molecule has 0 bridgehead atoms. The maximum atomic E-state index is 11.7. The van der Waals surface area contributed by atoms with E-state index in [0.717, 1.165) is 0 Å². The quantitative estimate of drug-likeness (QED) is 0.791. The van der Waals surface area contributed by atoms with Crippen molar-refractivity contribution in [2.45, 2.75) is 26.4 Å². The van der Waals surface area contributed by atoms with Crippen LogP contribution in [0.1, 0.15) is 30.8 Å². The standard InChI is InChI=1S/C12H17ClN2O2/c1-8(6-9(2)16)7-14-12(17)10-4-3-5-11(13)15-10/h3-5,8-9,16H,6-7H2,1-2H3,(H,14,17).